The number of hydrogen-bond acceptors (Lipinski definition) is 7. The lowest BCUT2D eigenvalue weighted by atomic mass is 10.0. The van der Waals surface area contributed by atoms with E-state index in [2.05, 4.69) is 37.3 Å². The molecular formula is C20H25N7O. The Morgan fingerprint density at radius 1 is 1.04 bits per heavy atom. The predicted octanol–water partition coefficient (Wildman–Crippen LogP) is 2.64. The molecule has 146 valence electrons. The molecule has 1 saturated carbocycles. The molecule has 1 aliphatic heterocycles. The molecule has 8 heteroatoms. The number of fused-ring (bicyclic) bond motifs is 1. The summed E-state index contributed by atoms with van der Waals surface area (Å²) in [5.74, 6) is 2.99. The number of anilines is 1. The summed E-state index contributed by atoms with van der Waals surface area (Å²) < 4.78 is 1.51. The average molecular weight is 379 g/mol. The van der Waals surface area contributed by atoms with Gasteiger partial charge in [0.05, 0.1) is 5.69 Å². The van der Waals surface area contributed by atoms with Crippen molar-refractivity contribution in [3.63, 3.8) is 0 Å². The van der Waals surface area contributed by atoms with Crippen LogP contribution in [0.1, 0.15) is 31.7 Å². The van der Waals surface area contributed by atoms with Crippen molar-refractivity contribution < 1.29 is 5.11 Å². The molecule has 2 atom stereocenters. The van der Waals surface area contributed by atoms with E-state index in [-0.39, 0.29) is 5.75 Å². The first kappa shape index (κ1) is 18.3. The number of hydrogen-bond donors (Lipinski definition) is 1. The van der Waals surface area contributed by atoms with Gasteiger partial charge in [-0.1, -0.05) is 13.3 Å². The van der Waals surface area contributed by atoms with E-state index in [9.17, 15) is 0 Å². The fraction of sp³-hybridized carbons (Fsp3) is 0.450. The molecule has 3 heterocycles. The van der Waals surface area contributed by atoms with Gasteiger partial charge in [0, 0.05) is 25.5 Å². The highest BCUT2D eigenvalue weighted by Gasteiger charge is 2.36. The number of phenols is 1. The van der Waals surface area contributed by atoms with Crippen LogP contribution < -0.4 is 4.90 Å². The lowest BCUT2D eigenvalue weighted by molar-refractivity contribution is 0.475. The Labute approximate surface area is 164 Å². The number of rotatable bonds is 3. The van der Waals surface area contributed by atoms with E-state index in [0.717, 1.165) is 29.9 Å². The molecule has 1 N–H and O–H groups in total. The van der Waals surface area contributed by atoms with Gasteiger partial charge in [0.2, 0.25) is 5.95 Å². The third-order valence-corrected chi connectivity index (χ3v) is 5.57. The standard InChI is InChI=1S/C13H19N3.C7H6N4O/c1-2-10-6-14-13(15-7-10)16-8-11-4-3-5-12(11)9-16;12-7-3-1-6(2-4-7)11-5-8-9-10-11/h6-7,11-12H,2-5,8-9H2,1H3;1-5,12H. The summed E-state index contributed by atoms with van der Waals surface area (Å²) in [5, 5.41) is 19.7. The summed E-state index contributed by atoms with van der Waals surface area (Å²) in [6.45, 7) is 4.49. The molecule has 28 heavy (non-hydrogen) atoms. The minimum atomic E-state index is 0.229. The fourth-order valence-corrected chi connectivity index (χ4v) is 3.98. The van der Waals surface area contributed by atoms with Crippen LogP contribution in [0.15, 0.2) is 43.0 Å². The topological polar surface area (TPSA) is 92.8 Å². The van der Waals surface area contributed by atoms with Gasteiger partial charge in [0.1, 0.15) is 12.1 Å². The first-order valence-electron chi connectivity index (χ1n) is 9.81. The van der Waals surface area contributed by atoms with E-state index in [1.54, 1.807) is 24.3 Å². The van der Waals surface area contributed by atoms with Crippen LogP contribution in [0.25, 0.3) is 5.69 Å². The van der Waals surface area contributed by atoms with Crippen molar-refractivity contribution in [2.24, 2.45) is 11.8 Å². The largest absolute Gasteiger partial charge is 0.508 e. The number of aromatic nitrogens is 6. The maximum atomic E-state index is 8.99. The highest BCUT2D eigenvalue weighted by molar-refractivity contribution is 5.35. The van der Waals surface area contributed by atoms with Gasteiger partial charge in [-0.2, -0.15) is 0 Å². The molecule has 1 aromatic carbocycles. The summed E-state index contributed by atoms with van der Waals surface area (Å²) in [6, 6.07) is 6.62. The molecule has 2 fully saturated rings. The maximum absolute atomic E-state index is 8.99. The number of aromatic hydroxyl groups is 1. The van der Waals surface area contributed by atoms with Crippen LogP contribution in [-0.4, -0.2) is 48.4 Å². The Balaban J connectivity index is 0.000000143. The lowest BCUT2D eigenvalue weighted by Gasteiger charge is -2.16. The number of tetrazole rings is 1. The van der Waals surface area contributed by atoms with Gasteiger partial charge in [0.15, 0.2) is 0 Å². The van der Waals surface area contributed by atoms with E-state index in [0.29, 0.717) is 0 Å². The number of aryl methyl sites for hydroxylation is 1. The first-order chi connectivity index (χ1) is 13.7. The van der Waals surface area contributed by atoms with E-state index in [1.165, 1.54) is 48.9 Å². The van der Waals surface area contributed by atoms with Crippen LogP contribution in [0.3, 0.4) is 0 Å². The Kier molecular flexibility index (Phi) is 5.45. The molecule has 2 aliphatic rings. The van der Waals surface area contributed by atoms with Crippen LogP contribution >= 0.6 is 0 Å². The molecule has 0 spiro atoms. The molecule has 0 amide bonds. The van der Waals surface area contributed by atoms with E-state index in [4.69, 9.17) is 5.11 Å². The molecule has 2 unspecified atom stereocenters. The molecule has 3 aromatic rings. The van der Waals surface area contributed by atoms with Crippen molar-refractivity contribution >= 4 is 5.95 Å². The van der Waals surface area contributed by atoms with Crippen molar-refractivity contribution in [3.05, 3.63) is 48.5 Å². The fourth-order valence-electron chi connectivity index (χ4n) is 3.98. The van der Waals surface area contributed by atoms with Crippen molar-refractivity contribution in [1.29, 1.82) is 0 Å². The summed E-state index contributed by atoms with van der Waals surface area (Å²) in [6.07, 6.45) is 10.7. The van der Waals surface area contributed by atoms with Gasteiger partial charge in [-0.15, -0.1) is 5.10 Å². The van der Waals surface area contributed by atoms with Gasteiger partial charge >= 0.3 is 0 Å². The van der Waals surface area contributed by atoms with Gasteiger partial charge < -0.3 is 10.0 Å². The Bertz CT molecular complexity index is 853. The van der Waals surface area contributed by atoms with E-state index in [1.807, 2.05) is 12.4 Å². The third kappa shape index (κ3) is 4.11. The zero-order chi connectivity index (χ0) is 19.3. The molecule has 8 nitrogen and oxygen atoms in total. The van der Waals surface area contributed by atoms with Crippen molar-refractivity contribution in [2.45, 2.75) is 32.6 Å². The Morgan fingerprint density at radius 3 is 2.29 bits per heavy atom. The monoisotopic (exact) mass is 379 g/mol. The molecule has 0 radical (unpaired) electrons. The van der Waals surface area contributed by atoms with Crippen LogP contribution in [0.2, 0.25) is 0 Å². The van der Waals surface area contributed by atoms with Crippen molar-refractivity contribution in [1.82, 2.24) is 30.2 Å². The number of benzene rings is 1. The van der Waals surface area contributed by atoms with Crippen molar-refractivity contribution in [3.8, 4) is 11.4 Å². The highest BCUT2D eigenvalue weighted by Crippen LogP contribution is 2.38. The summed E-state index contributed by atoms with van der Waals surface area (Å²) in [7, 11) is 0. The highest BCUT2D eigenvalue weighted by atomic mass is 16.3. The smallest absolute Gasteiger partial charge is 0.225 e. The Hall–Kier alpha value is -3.03. The normalized spacial score (nSPS) is 20.5. The summed E-state index contributed by atoms with van der Waals surface area (Å²) in [4.78, 5) is 11.3. The van der Waals surface area contributed by atoms with Gasteiger partial charge in [-0.25, -0.2) is 14.6 Å². The van der Waals surface area contributed by atoms with Crippen LogP contribution in [-0.2, 0) is 6.42 Å². The van der Waals surface area contributed by atoms with Crippen LogP contribution in [0, 0.1) is 11.8 Å². The maximum Gasteiger partial charge on any atom is 0.225 e. The van der Waals surface area contributed by atoms with E-state index < -0.39 is 0 Å². The molecule has 1 aliphatic carbocycles. The third-order valence-electron chi connectivity index (χ3n) is 5.57. The first-order valence-corrected chi connectivity index (χ1v) is 9.81. The number of nitrogens with zero attached hydrogens (tertiary/aromatic N) is 7. The summed E-state index contributed by atoms with van der Waals surface area (Å²) in [5.41, 5.74) is 2.04. The average Bonchev–Trinajstić information content (AvgIpc) is 3.47. The SMILES string of the molecule is CCc1cnc(N2CC3CCCC3C2)nc1.Oc1ccc(-n2cnnn2)cc1. The second kappa shape index (κ2) is 8.33. The molecule has 5 rings (SSSR count). The predicted molar refractivity (Wildman–Crippen MR) is 105 cm³/mol. The second-order valence-corrected chi connectivity index (χ2v) is 7.37. The zero-order valence-corrected chi connectivity index (χ0v) is 16.0. The van der Waals surface area contributed by atoms with Crippen LogP contribution in [0.5, 0.6) is 5.75 Å². The molecule has 2 aromatic heterocycles. The molecular weight excluding hydrogens is 354 g/mol. The molecule has 1 saturated heterocycles. The van der Waals surface area contributed by atoms with Gasteiger partial charge in [0.25, 0.3) is 0 Å². The van der Waals surface area contributed by atoms with Gasteiger partial charge in [-0.05, 0) is 71.4 Å². The number of phenolic OH excluding ortho intramolecular Hbond substituents is 1. The Morgan fingerprint density at radius 2 is 1.71 bits per heavy atom. The van der Waals surface area contributed by atoms with E-state index >= 15 is 0 Å². The second-order valence-electron chi connectivity index (χ2n) is 7.37. The van der Waals surface area contributed by atoms with Gasteiger partial charge in [-0.3, -0.25) is 0 Å². The molecule has 0 bridgehead atoms. The van der Waals surface area contributed by atoms with Crippen LogP contribution in [0.4, 0.5) is 5.95 Å². The minimum Gasteiger partial charge on any atom is -0.508 e. The quantitative estimate of drug-likeness (QED) is 0.748. The van der Waals surface area contributed by atoms with Crippen molar-refractivity contribution in [2.75, 3.05) is 18.0 Å². The minimum absolute atomic E-state index is 0.229. The summed E-state index contributed by atoms with van der Waals surface area (Å²) >= 11 is 0. The lowest BCUT2D eigenvalue weighted by Crippen LogP contribution is -2.23. The zero-order valence-electron chi connectivity index (χ0n) is 16.0.